The quantitative estimate of drug-likeness (QED) is 0.242. The van der Waals surface area contributed by atoms with Gasteiger partial charge in [-0.1, -0.05) is 80.1 Å². The second-order valence-electron chi connectivity index (χ2n) is 9.37. The Kier molecular flexibility index (Phi) is 8.02. The van der Waals surface area contributed by atoms with Crippen LogP contribution in [0.4, 0.5) is 5.82 Å². The number of nitrogens with zero attached hydrogens (tertiary/aromatic N) is 5. The van der Waals surface area contributed by atoms with Gasteiger partial charge in [-0.3, -0.25) is 23.8 Å². The first-order valence-corrected chi connectivity index (χ1v) is 14.1. The molecule has 0 bridgehead atoms. The van der Waals surface area contributed by atoms with Gasteiger partial charge in [0.05, 0.1) is 10.5 Å². The van der Waals surface area contributed by atoms with Crippen LogP contribution in [0.25, 0.3) is 11.7 Å². The summed E-state index contributed by atoms with van der Waals surface area (Å²) in [4.78, 5) is 38.5. The number of amides is 1. The highest BCUT2D eigenvalue weighted by Crippen LogP contribution is 2.34. The molecule has 0 atom stereocenters. The van der Waals surface area contributed by atoms with Crippen LogP contribution >= 0.6 is 24.0 Å². The average molecular weight is 534 g/mol. The van der Waals surface area contributed by atoms with E-state index in [0.29, 0.717) is 32.8 Å². The van der Waals surface area contributed by atoms with E-state index in [-0.39, 0.29) is 11.5 Å². The van der Waals surface area contributed by atoms with Crippen LogP contribution in [0.2, 0.25) is 0 Å². The van der Waals surface area contributed by atoms with Gasteiger partial charge in [-0.25, -0.2) is 4.98 Å². The smallest absolute Gasteiger partial charge is 0.267 e. The number of carbonyl (C=O) groups is 1. The third-order valence-corrected chi connectivity index (χ3v) is 8.18. The van der Waals surface area contributed by atoms with Crippen LogP contribution in [0.3, 0.4) is 0 Å². The summed E-state index contributed by atoms with van der Waals surface area (Å²) in [5.74, 6) is 0.508. The van der Waals surface area contributed by atoms with Gasteiger partial charge in [0.25, 0.3) is 11.5 Å². The number of aromatic nitrogens is 2. The van der Waals surface area contributed by atoms with E-state index < -0.39 is 0 Å². The average Bonchev–Trinajstić information content (AvgIpc) is 3.19. The van der Waals surface area contributed by atoms with Crippen LogP contribution in [0.15, 0.2) is 64.4 Å². The van der Waals surface area contributed by atoms with Crippen molar-refractivity contribution in [2.45, 2.75) is 32.7 Å². The van der Waals surface area contributed by atoms with Crippen molar-refractivity contribution >= 4 is 51.7 Å². The first-order valence-electron chi connectivity index (χ1n) is 12.8. The molecule has 1 aromatic carbocycles. The summed E-state index contributed by atoms with van der Waals surface area (Å²) in [7, 11) is 0. The van der Waals surface area contributed by atoms with Crippen LogP contribution in [0.5, 0.6) is 0 Å². The Morgan fingerprint density at radius 2 is 1.76 bits per heavy atom. The number of rotatable bonds is 8. The zero-order chi connectivity index (χ0) is 25.8. The number of anilines is 1. The lowest BCUT2D eigenvalue weighted by Crippen LogP contribution is -2.47. The molecule has 2 fully saturated rings. The fraction of sp³-hybridized carbons (Fsp3) is 0.357. The fourth-order valence-electron chi connectivity index (χ4n) is 4.76. The number of carbonyl (C=O) groups excluding carboxylic acids is 1. The van der Waals surface area contributed by atoms with Gasteiger partial charge >= 0.3 is 0 Å². The maximum Gasteiger partial charge on any atom is 0.267 e. The molecule has 0 unspecified atom stereocenters. The number of pyridine rings is 1. The SMILES string of the molecule is CCCCCN1C(=O)/C(=C\c2c(N3CCN(Cc4ccccc4)CC3)nc3ccccn3c2=O)SC1=S. The molecule has 0 saturated carbocycles. The maximum atomic E-state index is 13.6. The third kappa shape index (κ3) is 5.63. The molecule has 2 aliphatic rings. The number of piperazine rings is 1. The molecular formula is C28H31N5O2S2. The summed E-state index contributed by atoms with van der Waals surface area (Å²) in [5.41, 5.74) is 2.15. The van der Waals surface area contributed by atoms with Crippen molar-refractivity contribution in [3.05, 3.63) is 81.1 Å². The van der Waals surface area contributed by atoms with Gasteiger partial charge in [0.15, 0.2) is 0 Å². The van der Waals surface area contributed by atoms with Crippen LogP contribution in [0, 0.1) is 0 Å². The summed E-state index contributed by atoms with van der Waals surface area (Å²) in [6.07, 6.45) is 6.46. The molecule has 0 radical (unpaired) electrons. The van der Waals surface area contributed by atoms with Gasteiger partial charge in [-0.15, -0.1) is 0 Å². The number of hydrogen-bond donors (Lipinski definition) is 0. The second kappa shape index (κ2) is 11.6. The van der Waals surface area contributed by atoms with Gasteiger partial charge in [0.1, 0.15) is 15.8 Å². The van der Waals surface area contributed by atoms with Crippen molar-refractivity contribution in [3.8, 4) is 0 Å². The zero-order valence-electron chi connectivity index (χ0n) is 21.0. The van der Waals surface area contributed by atoms with Crippen LogP contribution in [0.1, 0.15) is 37.3 Å². The highest BCUT2D eigenvalue weighted by molar-refractivity contribution is 8.26. The van der Waals surface area contributed by atoms with E-state index in [4.69, 9.17) is 17.2 Å². The summed E-state index contributed by atoms with van der Waals surface area (Å²) >= 11 is 6.78. The van der Waals surface area contributed by atoms with E-state index in [0.717, 1.165) is 52.0 Å². The predicted molar refractivity (Wildman–Crippen MR) is 155 cm³/mol. The molecule has 2 aromatic heterocycles. The van der Waals surface area contributed by atoms with Gasteiger partial charge in [-0.05, 0) is 30.2 Å². The maximum absolute atomic E-state index is 13.6. The molecule has 0 aliphatic carbocycles. The normalized spacial score (nSPS) is 17.9. The number of thiocarbonyl (C=S) groups is 1. The van der Waals surface area contributed by atoms with Crippen LogP contribution < -0.4 is 10.5 Å². The van der Waals surface area contributed by atoms with E-state index in [1.54, 1.807) is 21.6 Å². The number of thioether (sulfide) groups is 1. The predicted octanol–water partition coefficient (Wildman–Crippen LogP) is 4.41. The fourth-order valence-corrected chi connectivity index (χ4v) is 6.05. The molecule has 9 heteroatoms. The van der Waals surface area contributed by atoms with Crippen LogP contribution in [-0.4, -0.2) is 62.1 Å². The van der Waals surface area contributed by atoms with Crippen LogP contribution in [-0.2, 0) is 11.3 Å². The largest absolute Gasteiger partial charge is 0.353 e. The molecule has 7 nitrogen and oxygen atoms in total. The lowest BCUT2D eigenvalue weighted by Gasteiger charge is -2.36. The summed E-state index contributed by atoms with van der Waals surface area (Å²) < 4.78 is 2.10. The minimum Gasteiger partial charge on any atom is -0.353 e. The van der Waals surface area contributed by atoms with E-state index >= 15 is 0 Å². The van der Waals surface area contributed by atoms with Gasteiger partial charge < -0.3 is 4.90 Å². The molecule has 4 heterocycles. The molecule has 1 amide bonds. The van der Waals surface area contributed by atoms with Crippen molar-refractivity contribution in [3.63, 3.8) is 0 Å². The van der Waals surface area contributed by atoms with Crippen molar-refractivity contribution in [1.29, 1.82) is 0 Å². The lowest BCUT2D eigenvalue weighted by molar-refractivity contribution is -0.122. The van der Waals surface area contributed by atoms with E-state index in [2.05, 4.69) is 41.0 Å². The minimum absolute atomic E-state index is 0.123. The van der Waals surface area contributed by atoms with Gasteiger partial charge in [0, 0.05) is 45.5 Å². The molecular weight excluding hydrogens is 502 g/mol. The molecule has 2 saturated heterocycles. The van der Waals surface area contributed by atoms with Crippen molar-refractivity contribution < 1.29 is 4.79 Å². The number of hydrogen-bond acceptors (Lipinski definition) is 7. The van der Waals surface area contributed by atoms with Crippen molar-refractivity contribution in [2.24, 2.45) is 0 Å². The third-order valence-electron chi connectivity index (χ3n) is 6.80. The Bertz CT molecular complexity index is 1380. The number of benzene rings is 1. The summed E-state index contributed by atoms with van der Waals surface area (Å²) in [5, 5.41) is 0. The molecule has 5 rings (SSSR count). The molecule has 0 N–H and O–H groups in total. The standard InChI is InChI=1S/C28H31N5O2S2/c1-2-3-8-14-33-27(35)23(37-28(33)36)19-22-25(29-24-12-7-9-13-32(24)26(22)34)31-17-15-30(16-18-31)20-21-10-5-4-6-11-21/h4-7,9-13,19H,2-3,8,14-18,20H2,1H3/b23-19+. The Morgan fingerprint density at radius 1 is 1.00 bits per heavy atom. The van der Waals surface area contributed by atoms with Gasteiger partial charge in [-0.2, -0.15) is 0 Å². The monoisotopic (exact) mass is 533 g/mol. The first-order chi connectivity index (χ1) is 18.0. The molecule has 37 heavy (non-hydrogen) atoms. The lowest BCUT2D eigenvalue weighted by atomic mass is 10.2. The topological polar surface area (TPSA) is 61.2 Å². The zero-order valence-corrected chi connectivity index (χ0v) is 22.6. The van der Waals surface area contributed by atoms with Crippen molar-refractivity contribution in [2.75, 3.05) is 37.6 Å². The second-order valence-corrected chi connectivity index (χ2v) is 11.0. The minimum atomic E-state index is -0.177. The van der Waals surface area contributed by atoms with E-state index in [9.17, 15) is 9.59 Å². The van der Waals surface area contributed by atoms with Gasteiger partial charge in [0.2, 0.25) is 0 Å². The van der Waals surface area contributed by atoms with E-state index in [1.807, 2.05) is 24.3 Å². The molecule has 0 spiro atoms. The highest BCUT2D eigenvalue weighted by atomic mass is 32.2. The Labute approximate surface area is 226 Å². The highest BCUT2D eigenvalue weighted by Gasteiger charge is 2.32. The Hall–Kier alpha value is -3.01. The van der Waals surface area contributed by atoms with E-state index in [1.165, 1.54) is 17.3 Å². The number of unbranched alkanes of at least 4 members (excludes halogenated alkanes) is 2. The first kappa shape index (κ1) is 25.6. The summed E-state index contributed by atoms with van der Waals surface area (Å²) in [6, 6.07) is 16.0. The Morgan fingerprint density at radius 3 is 2.51 bits per heavy atom. The molecule has 3 aromatic rings. The molecule has 192 valence electrons. The van der Waals surface area contributed by atoms with Crippen molar-refractivity contribution in [1.82, 2.24) is 19.2 Å². The summed E-state index contributed by atoms with van der Waals surface area (Å²) in [6.45, 7) is 6.87. The number of fused-ring (bicyclic) bond motifs is 1. The molecule has 2 aliphatic heterocycles. The Balaban J connectivity index is 1.43.